The van der Waals surface area contributed by atoms with Crippen molar-refractivity contribution in [3.05, 3.63) is 66.3 Å². The van der Waals surface area contributed by atoms with E-state index in [1.165, 1.54) is 27.5 Å². The van der Waals surface area contributed by atoms with Gasteiger partial charge in [0.15, 0.2) is 28.0 Å². The van der Waals surface area contributed by atoms with E-state index in [1.54, 1.807) is 0 Å². The lowest BCUT2D eigenvalue weighted by Gasteiger charge is -2.38. The van der Waals surface area contributed by atoms with Crippen LogP contribution < -0.4 is 0 Å². The fourth-order valence-corrected chi connectivity index (χ4v) is 11.9. The minimum Gasteiger partial charge on any atom is -0.359 e. The monoisotopic (exact) mass is 742 g/mol. The third-order valence-electron chi connectivity index (χ3n) is 13.6. The summed E-state index contributed by atoms with van der Waals surface area (Å²) >= 11 is 0. The Balaban J connectivity index is 0.000000162. The van der Waals surface area contributed by atoms with Crippen LogP contribution in [0.3, 0.4) is 0 Å². The van der Waals surface area contributed by atoms with Gasteiger partial charge in [-0.25, -0.2) is 9.97 Å². The quantitative estimate of drug-likeness (QED) is 0.194. The number of nitrogens with zero attached hydrogens (tertiary/aromatic N) is 4. The molecule has 6 heterocycles. The maximum absolute atomic E-state index is 5.87. The summed E-state index contributed by atoms with van der Waals surface area (Å²) in [6, 6.07) is 9.14. The molecule has 8 nitrogen and oxygen atoms in total. The van der Waals surface area contributed by atoms with Crippen molar-refractivity contribution in [2.75, 3.05) is 26.4 Å². The molecule has 52 heavy (non-hydrogen) atoms. The molecule has 0 atom stereocenters. The van der Waals surface area contributed by atoms with Crippen LogP contribution in [0.2, 0.25) is 36.3 Å². The zero-order valence-corrected chi connectivity index (χ0v) is 35.5. The van der Waals surface area contributed by atoms with Crippen molar-refractivity contribution in [1.29, 1.82) is 0 Å². The van der Waals surface area contributed by atoms with Gasteiger partial charge in [-0.2, -0.15) is 0 Å². The van der Waals surface area contributed by atoms with Gasteiger partial charge in [-0.15, -0.1) is 0 Å². The molecule has 2 aliphatic heterocycles. The molecule has 3 fully saturated rings. The van der Waals surface area contributed by atoms with Gasteiger partial charge < -0.3 is 27.4 Å². The number of pyridine rings is 2. The zero-order chi connectivity index (χ0) is 37.2. The van der Waals surface area contributed by atoms with Crippen molar-refractivity contribution in [1.82, 2.24) is 18.4 Å². The summed E-state index contributed by atoms with van der Waals surface area (Å²) in [6.07, 6.45) is 17.9. The van der Waals surface area contributed by atoms with Gasteiger partial charge in [0.2, 0.25) is 0 Å². The second kappa shape index (κ2) is 13.6. The van der Waals surface area contributed by atoms with E-state index in [0.717, 1.165) is 82.7 Å². The molecule has 0 unspecified atom stereocenters. The van der Waals surface area contributed by atoms with E-state index in [-0.39, 0.29) is 21.7 Å². The summed E-state index contributed by atoms with van der Waals surface area (Å²) in [5.74, 6) is -0.0617. The van der Waals surface area contributed by atoms with E-state index in [4.69, 9.17) is 28.9 Å². The van der Waals surface area contributed by atoms with Gasteiger partial charge >= 0.3 is 0 Å². The first-order chi connectivity index (χ1) is 24.4. The molecule has 2 spiro atoms. The maximum atomic E-state index is 5.87. The average molecular weight is 743 g/mol. The van der Waals surface area contributed by atoms with Crippen molar-refractivity contribution in [2.45, 2.75) is 140 Å². The number of hydrogen-bond donors (Lipinski definition) is 0. The largest absolute Gasteiger partial charge is 0.359 e. The lowest BCUT2D eigenvalue weighted by Crippen LogP contribution is -2.45. The first kappa shape index (κ1) is 37.7. The van der Waals surface area contributed by atoms with Crippen LogP contribution in [0.1, 0.15) is 104 Å². The van der Waals surface area contributed by atoms with E-state index in [0.29, 0.717) is 5.92 Å². The van der Waals surface area contributed by atoms with Gasteiger partial charge in [-0.3, -0.25) is 0 Å². The Bertz CT molecular complexity index is 1920. The standard InChI is InChI=1S/C21H32N2O2Si.C21H30N2O2Si/c2*1-20(2,3)26(4,5)23-11-8-17-14-18(15-22-19(17)23)16-6-9-21(10-7-16)24-12-13-25-21/h8,11,14-16H,6-7,9-10,12-13H2,1-5H3;6,8,11,14-15H,7,9-10,12-13H2,1-5H3. The molecule has 0 radical (unpaired) electrons. The minimum atomic E-state index is -1.67. The van der Waals surface area contributed by atoms with Crippen LogP contribution in [0.15, 0.2) is 55.1 Å². The third-order valence-corrected chi connectivity index (χ3v) is 24.1. The van der Waals surface area contributed by atoms with E-state index in [9.17, 15) is 0 Å². The normalized spacial score (nSPS) is 21.2. The molecule has 0 aromatic carbocycles. The number of ether oxygens (including phenoxy) is 4. The second-order valence-corrected chi connectivity index (χ2v) is 28.9. The molecule has 0 bridgehead atoms. The first-order valence-corrected chi connectivity index (χ1v) is 25.5. The highest BCUT2D eigenvalue weighted by molar-refractivity contribution is 6.79. The predicted molar refractivity (Wildman–Crippen MR) is 217 cm³/mol. The Morgan fingerprint density at radius 2 is 1.17 bits per heavy atom. The summed E-state index contributed by atoms with van der Waals surface area (Å²) in [4.78, 5) is 9.80. The molecule has 282 valence electrons. The number of rotatable bonds is 4. The summed E-state index contributed by atoms with van der Waals surface area (Å²) in [5.41, 5.74) is 6.24. The Kier molecular flexibility index (Phi) is 9.86. The van der Waals surface area contributed by atoms with E-state index in [2.05, 4.69) is 125 Å². The number of hydrogen-bond acceptors (Lipinski definition) is 6. The SMILES string of the molecule is CC(C)(C)[Si](C)(C)n1ccc2cc(C3=CCC4(CC3)OCCO4)cnc21.CC(C)(C)[Si](C)(C)n1ccc2cc(C3CCC4(CC3)OCCO4)cnc21. The van der Waals surface area contributed by atoms with Crippen LogP contribution in [-0.2, 0) is 18.9 Å². The van der Waals surface area contributed by atoms with Crippen molar-refractivity contribution in [2.24, 2.45) is 0 Å². The smallest absolute Gasteiger partial charge is 0.172 e. The molecule has 4 aromatic heterocycles. The molecule has 2 saturated heterocycles. The van der Waals surface area contributed by atoms with Crippen molar-refractivity contribution >= 4 is 44.1 Å². The first-order valence-electron chi connectivity index (χ1n) is 19.6. The van der Waals surface area contributed by atoms with Gasteiger partial charge in [0.25, 0.3) is 0 Å². The summed E-state index contributed by atoms with van der Waals surface area (Å²) < 4.78 is 28.3. The van der Waals surface area contributed by atoms with E-state index < -0.39 is 16.5 Å². The van der Waals surface area contributed by atoms with Gasteiger partial charge in [-0.1, -0.05) is 73.8 Å². The van der Waals surface area contributed by atoms with Crippen LogP contribution in [0, 0.1) is 0 Å². The van der Waals surface area contributed by atoms with Gasteiger partial charge in [0.05, 0.1) is 26.4 Å². The molecule has 0 N–H and O–H groups in total. The Morgan fingerprint density at radius 3 is 1.67 bits per heavy atom. The van der Waals surface area contributed by atoms with Crippen molar-refractivity contribution in [3.63, 3.8) is 0 Å². The maximum Gasteiger partial charge on any atom is 0.172 e. The fourth-order valence-electron chi connectivity index (χ4n) is 8.09. The fraction of sp³-hybridized carbons (Fsp3) is 0.619. The molecule has 0 amide bonds. The summed E-state index contributed by atoms with van der Waals surface area (Å²) in [6.45, 7) is 26.7. The number of fused-ring (bicyclic) bond motifs is 2. The number of aromatic nitrogens is 4. The lowest BCUT2D eigenvalue weighted by molar-refractivity contribution is -0.178. The third kappa shape index (κ3) is 6.92. The van der Waals surface area contributed by atoms with Crippen LogP contribution >= 0.6 is 0 Å². The molecular weight excluding hydrogens is 681 g/mol. The molecular formula is C42H62N4O4Si2. The lowest BCUT2D eigenvalue weighted by atomic mass is 9.81. The van der Waals surface area contributed by atoms with Crippen LogP contribution in [-0.4, -0.2) is 72.9 Å². The molecule has 4 aromatic rings. The summed E-state index contributed by atoms with van der Waals surface area (Å²) in [7, 11) is -3.32. The molecule has 8 rings (SSSR count). The van der Waals surface area contributed by atoms with Crippen molar-refractivity contribution < 1.29 is 18.9 Å². The highest BCUT2D eigenvalue weighted by Crippen LogP contribution is 2.44. The molecule has 4 aliphatic rings. The van der Waals surface area contributed by atoms with Crippen LogP contribution in [0.5, 0.6) is 0 Å². The molecule has 10 heteroatoms. The minimum absolute atomic E-state index is 0.278. The molecule has 2 aliphatic carbocycles. The highest BCUT2D eigenvalue weighted by Gasteiger charge is 2.42. The Morgan fingerprint density at radius 1 is 0.673 bits per heavy atom. The second-order valence-electron chi connectivity index (χ2n) is 18.7. The zero-order valence-electron chi connectivity index (χ0n) is 33.5. The molecule has 1 saturated carbocycles. The van der Waals surface area contributed by atoms with E-state index >= 15 is 0 Å². The summed E-state index contributed by atoms with van der Waals surface area (Å²) in [5, 5.41) is 3.09. The van der Waals surface area contributed by atoms with Gasteiger partial charge in [0, 0.05) is 48.8 Å². The predicted octanol–water partition coefficient (Wildman–Crippen LogP) is 10.5. The van der Waals surface area contributed by atoms with Crippen LogP contribution in [0.4, 0.5) is 0 Å². The van der Waals surface area contributed by atoms with Gasteiger partial charge in [0.1, 0.15) is 11.3 Å². The Hall–Kier alpha value is -2.61. The topological polar surface area (TPSA) is 72.6 Å². The van der Waals surface area contributed by atoms with Crippen LogP contribution in [0.25, 0.3) is 27.6 Å². The van der Waals surface area contributed by atoms with Gasteiger partial charge in [-0.05, 0) is 88.6 Å². The number of allylic oxidation sites excluding steroid dienone is 1. The van der Waals surface area contributed by atoms with E-state index in [1.807, 2.05) is 6.20 Å². The highest BCUT2D eigenvalue weighted by atomic mass is 28.3. The van der Waals surface area contributed by atoms with Crippen molar-refractivity contribution in [3.8, 4) is 0 Å². The Labute approximate surface area is 313 Å². The average Bonchev–Trinajstić information content (AvgIpc) is 3.92.